The molecule has 5 nitrogen and oxygen atoms in total. The van der Waals surface area contributed by atoms with Crippen molar-refractivity contribution in [3.63, 3.8) is 0 Å². The molecule has 2 fully saturated rings. The molecule has 2 aliphatic heterocycles. The molecule has 5 heteroatoms. The molecule has 3 heterocycles. The maximum atomic E-state index is 5.44. The molecule has 106 valence electrons. The van der Waals surface area contributed by atoms with Crippen LogP contribution in [0.2, 0.25) is 0 Å². The highest BCUT2D eigenvalue weighted by Gasteiger charge is 2.24. The summed E-state index contributed by atoms with van der Waals surface area (Å²) in [6.07, 6.45) is 8.42. The van der Waals surface area contributed by atoms with Crippen molar-refractivity contribution in [2.75, 3.05) is 20.1 Å². The third-order valence-electron chi connectivity index (χ3n) is 4.44. The fraction of sp³-hybridized carbons (Fsp3) is 0.857. The average molecular weight is 264 g/mol. The van der Waals surface area contributed by atoms with Crippen molar-refractivity contribution in [1.82, 2.24) is 20.4 Å². The lowest BCUT2D eigenvalue weighted by Gasteiger charge is -2.31. The quantitative estimate of drug-likeness (QED) is 0.904. The van der Waals surface area contributed by atoms with Crippen LogP contribution in [0.1, 0.15) is 56.3 Å². The molecule has 0 bridgehead atoms. The first-order chi connectivity index (χ1) is 9.33. The Morgan fingerprint density at radius 3 is 2.95 bits per heavy atom. The number of piperidine rings is 2. The molecular formula is C14H24N4O. The van der Waals surface area contributed by atoms with Crippen LogP contribution < -0.4 is 5.32 Å². The van der Waals surface area contributed by atoms with Gasteiger partial charge in [-0.25, -0.2) is 0 Å². The first-order valence-electron chi connectivity index (χ1n) is 7.59. The van der Waals surface area contributed by atoms with E-state index in [1.807, 2.05) is 0 Å². The van der Waals surface area contributed by atoms with Crippen molar-refractivity contribution >= 4 is 0 Å². The minimum atomic E-state index is 0.301. The second-order valence-corrected chi connectivity index (χ2v) is 5.88. The summed E-state index contributed by atoms with van der Waals surface area (Å²) in [6.45, 7) is 2.26. The van der Waals surface area contributed by atoms with Crippen molar-refractivity contribution in [3.8, 4) is 0 Å². The predicted molar refractivity (Wildman–Crippen MR) is 72.9 cm³/mol. The lowest BCUT2D eigenvalue weighted by molar-refractivity contribution is 0.173. The number of nitrogens with zero attached hydrogens (tertiary/aromatic N) is 3. The van der Waals surface area contributed by atoms with E-state index in [4.69, 9.17) is 4.52 Å². The van der Waals surface area contributed by atoms with Gasteiger partial charge in [-0.1, -0.05) is 18.0 Å². The number of hydrogen-bond acceptors (Lipinski definition) is 5. The van der Waals surface area contributed by atoms with E-state index in [0.717, 1.165) is 31.1 Å². The molecule has 1 aromatic rings. The van der Waals surface area contributed by atoms with Crippen LogP contribution in [0.5, 0.6) is 0 Å². The molecule has 0 aromatic carbocycles. The SMILES string of the molecule is CN1CCCCC1Cc1nc(C2CCCCN2)no1. The second kappa shape index (κ2) is 6.01. The predicted octanol–water partition coefficient (Wildman–Crippen LogP) is 1.91. The van der Waals surface area contributed by atoms with Gasteiger partial charge in [0, 0.05) is 12.5 Å². The maximum absolute atomic E-state index is 5.44. The van der Waals surface area contributed by atoms with E-state index in [1.54, 1.807) is 0 Å². The highest BCUT2D eigenvalue weighted by atomic mass is 16.5. The molecule has 3 rings (SSSR count). The normalized spacial score (nSPS) is 29.5. The Kier molecular flexibility index (Phi) is 4.13. The number of aromatic nitrogens is 2. The Morgan fingerprint density at radius 1 is 1.26 bits per heavy atom. The van der Waals surface area contributed by atoms with E-state index in [2.05, 4.69) is 27.4 Å². The molecule has 1 N–H and O–H groups in total. The van der Waals surface area contributed by atoms with Crippen LogP contribution in [-0.2, 0) is 6.42 Å². The lowest BCUT2D eigenvalue weighted by Crippen LogP contribution is -2.37. The molecule has 0 amide bonds. The lowest BCUT2D eigenvalue weighted by atomic mass is 10.0. The molecule has 0 spiro atoms. The molecule has 0 radical (unpaired) electrons. The third-order valence-corrected chi connectivity index (χ3v) is 4.44. The third kappa shape index (κ3) is 3.15. The zero-order valence-corrected chi connectivity index (χ0v) is 11.8. The summed E-state index contributed by atoms with van der Waals surface area (Å²) in [4.78, 5) is 7.02. The second-order valence-electron chi connectivity index (χ2n) is 5.88. The number of likely N-dealkylation sites (N-methyl/N-ethyl adjacent to an activating group) is 1. The topological polar surface area (TPSA) is 54.2 Å². The van der Waals surface area contributed by atoms with Gasteiger partial charge in [-0.3, -0.25) is 0 Å². The first kappa shape index (κ1) is 13.1. The van der Waals surface area contributed by atoms with Gasteiger partial charge in [0.25, 0.3) is 0 Å². The zero-order chi connectivity index (χ0) is 13.1. The fourth-order valence-corrected chi connectivity index (χ4v) is 3.17. The van der Waals surface area contributed by atoms with Crippen LogP contribution in [0, 0.1) is 0 Å². The highest BCUT2D eigenvalue weighted by Crippen LogP contribution is 2.22. The summed E-state index contributed by atoms with van der Waals surface area (Å²) in [5, 5.41) is 7.63. The Bertz CT molecular complexity index is 400. The van der Waals surface area contributed by atoms with Gasteiger partial charge < -0.3 is 14.7 Å². The van der Waals surface area contributed by atoms with Crippen molar-refractivity contribution in [1.29, 1.82) is 0 Å². The number of hydrogen-bond donors (Lipinski definition) is 1. The van der Waals surface area contributed by atoms with E-state index >= 15 is 0 Å². The van der Waals surface area contributed by atoms with Gasteiger partial charge in [-0.2, -0.15) is 4.98 Å². The van der Waals surface area contributed by atoms with E-state index in [-0.39, 0.29) is 0 Å². The van der Waals surface area contributed by atoms with Crippen molar-refractivity contribution in [2.24, 2.45) is 0 Å². The first-order valence-corrected chi connectivity index (χ1v) is 7.59. The van der Waals surface area contributed by atoms with Crippen molar-refractivity contribution in [2.45, 2.75) is 57.0 Å². The minimum Gasteiger partial charge on any atom is -0.339 e. The molecule has 19 heavy (non-hydrogen) atoms. The number of rotatable bonds is 3. The summed E-state index contributed by atoms with van der Waals surface area (Å²) in [5.41, 5.74) is 0. The van der Waals surface area contributed by atoms with Crippen LogP contribution in [0.25, 0.3) is 0 Å². The van der Waals surface area contributed by atoms with Gasteiger partial charge in [-0.05, 0) is 45.8 Å². The van der Waals surface area contributed by atoms with Gasteiger partial charge in [-0.15, -0.1) is 0 Å². The largest absolute Gasteiger partial charge is 0.339 e. The van der Waals surface area contributed by atoms with Gasteiger partial charge in [0.1, 0.15) is 0 Å². The summed E-state index contributed by atoms with van der Waals surface area (Å²) < 4.78 is 5.44. The van der Waals surface area contributed by atoms with Crippen molar-refractivity contribution < 1.29 is 4.52 Å². The number of likely N-dealkylation sites (tertiary alicyclic amines) is 1. The standard InChI is InChI=1S/C14H24N4O/c1-18-9-5-3-6-11(18)10-13-16-14(17-19-13)12-7-2-4-8-15-12/h11-12,15H,2-10H2,1H3. The van der Waals surface area contributed by atoms with Gasteiger partial charge >= 0.3 is 0 Å². The summed E-state index contributed by atoms with van der Waals surface area (Å²) in [7, 11) is 2.20. The van der Waals surface area contributed by atoms with Gasteiger partial charge in [0.05, 0.1) is 6.04 Å². The van der Waals surface area contributed by atoms with Crippen LogP contribution in [0.3, 0.4) is 0 Å². The molecule has 1 aromatic heterocycles. The Balaban J connectivity index is 1.60. The van der Waals surface area contributed by atoms with Crippen LogP contribution in [0.4, 0.5) is 0 Å². The van der Waals surface area contributed by atoms with Gasteiger partial charge in [0.2, 0.25) is 5.89 Å². The van der Waals surface area contributed by atoms with Crippen molar-refractivity contribution in [3.05, 3.63) is 11.7 Å². The van der Waals surface area contributed by atoms with E-state index in [0.29, 0.717) is 12.1 Å². The molecule has 2 saturated heterocycles. The minimum absolute atomic E-state index is 0.301. The summed E-state index contributed by atoms with van der Waals surface area (Å²) in [6, 6.07) is 0.872. The highest BCUT2D eigenvalue weighted by molar-refractivity contribution is 4.97. The molecular weight excluding hydrogens is 240 g/mol. The fourth-order valence-electron chi connectivity index (χ4n) is 3.17. The summed E-state index contributed by atoms with van der Waals surface area (Å²) >= 11 is 0. The monoisotopic (exact) mass is 264 g/mol. The molecule has 2 aliphatic rings. The van der Waals surface area contributed by atoms with Crippen LogP contribution >= 0.6 is 0 Å². The van der Waals surface area contributed by atoms with Gasteiger partial charge in [0.15, 0.2) is 5.82 Å². The summed E-state index contributed by atoms with van der Waals surface area (Å²) in [5.74, 6) is 1.66. The molecule has 2 unspecified atom stereocenters. The number of nitrogens with one attached hydrogen (secondary N) is 1. The maximum Gasteiger partial charge on any atom is 0.228 e. The van der Waals surface area contributed by atoms with Crippen LogP contribution in [-0.4, -0.2) is 41.2 Å². The Hall–Kier alpha value is -0.940. The van der Waals surface area contributed by atoms with E-state index < -0.39 is 0 Å². The van der Waals surface area contributed by atoms with E-state index in [1.165, 1.54) is 38.6 Å². The van der Waals surface area contributed by atoms with Crippen LogP contribution in [0.15, 0.2) is 4.52 Å². The average Bonchev–Trinajstić information content (AvgIpc) is 2.91. The Labute approximate surface area is 114 Å². The molecule has 0 saturated carbocycles. The smallest absolute Gasteiger partial charge is 0.228 e. The van der Waals surface area contributed by atoms with E-state index in [9.17, 15) is 0 Å². The zero-order valence-electron chi connectivity index (χ0n) is 11.8. The molecule has 0 aliphatic carbocycles. The Morgan fingerprint density at radius 2 is 2.16 bits per heavy atom. The molecule has 2 atom stereocenters.